The zero-order valence-electron chi connectivity index (χ0n) is 13.1. The molecule has 7 heteroatoms. The lowest BCUT2D eigenvalue weighted by Gasteiger charge is -2.22. The maximum absolute atomic E-state index is 11.6. The first-order valence-electron chi connectivity index (χ1n) is 6.97. The van der Waals surface area contributed by atoms with Crippen LogP contribution in [0.25, 0.3) is 0 Å². The number of aliphatic imine (C=N–C) groups is 1. The zero-order chi connectivity index (χ0) is 15.8. The Morgan fingerprint density at radius 3 is 2.71 bits per heavy atom. The number of rotatable bonds is 6. The average molecular weight is 358 g/mol. The second-order valence-corrected chi connectivity index (χ2v) is 5.78. The number of amides is 1. The predicted octanol–water partition coefficient (Wildman–Crippen LogP) is 1.32. The van der Waals surface area contributed by atoms with Gasteiger partial charge in [0.15, 0.2) is 5.96 Å². The number of carbonyl (C=O) groups is 1. The molecular formula is C14H24BrN5O. The van der Waals surface area contributed by atoms with E-state index in [2.05, 4.69) is 42.2 Å². The van der Waals surface area contributed by atoms with Gasteiger partial charge in [0.2, 0.25) is 5.91 Å². The number of aromatic nitrogens is 1. The summed E-state index contributed by atoms with van der Waals surface area (Å²) in [5, 5.41) is 5.89. The number of nitrogens with one attached hydrogen (secondary N) is 2. The summed E-state index contributed by atoms with van der Waals surface area (Å²) < 4.78 is 3.11. The molecule has 1 aromatic rings. The molecule has 0 saturated heterocycles. The number of carbonyl (C=O) groups excluding carboxylic acids is 1. The molecule has 0 fully saturated rings. The highest BCUT2D eigenvalue weighted by Crippen LogP contribution is 2.14. The molecule has 1 amide bonds. The van der Waals surface area contributed by atoms with Crippen LogP contribution in [-0.4, -0.2) is 48.5 Å². The summed E-state index contributed by atoms with van der Waals surface area (Å²) >= 11 is 3.46. The molecule has 0 radical (unpaired) electrons. The third-order valence-electron chi connectivity index (χ3n) is 3.03. The van der Waals surface area contributed by atoms with Gasteiger partial charge in [-0.3, -0.25) is 9.79 Å². The van der Waals surface area contributed by atoms with Crippen LogP contribution in [0.4, 0.5) is 0 Å². The summed E-state index contributed by atoms with van der Waals surface area (Å²) in [4.78, 5) is 17.8. The van der Waals surface area contributed by atoms with Crippen LogP contribution in [0.15, 0.2) is 21.7 Å². The van der Waals surface area contributed by atoms with Crippen LogP contribution in [0.1, 0.15) is 19.0 Å². The number of nitrogens with zero attached hydrogens (tertiary/aromatic N) is 3. The van der Waals surface area contributed by atoms with E-state index in [1.807, 2.05) is 32.1 Å². The van der Waals surface area contributed by atoms with E-state index in [1.54, 1.807) is 7.05 Å². The van der Waals surface area contributed by atoms with E-state index in [-0.39, 0.29) is 12.5 Å². The minimum absolute atomic E-state index is 0.0204. The van der Waals surface area contributed by atoms with Gasteiger partial charge < -0.3 is 20.1 Å². The third kappa shape index (κ3) is 5.79. The van der Waals surface area contributed by atoms with Crippen molar-refractivity contribution < 1.29 is 4.79 Å². The van der Waals surface area contributed by atoms with Crippen LogP contribution in [0, 0.1) is 0 Å². The predicted molar refractivity (Wildman–Crippen MR) is 89.2 cm³/mol. The minimum Gasteiger partial charge on any atom is -0.355 e. The van der Waals surface area contributed by atoms with Crippen molar-refractivity contribution in [1.29, 1.82) is 0 Å². The van der Waals surface area contributed by atoms with Crippen molar-refractivity contribution in [3.63, 3.8) is 0 Å². The van der Waals surface area contributed by atoms with Gasteiger partial charge in [0.05, 0.1) is 13.1 Å². The molecule has 0 aliphatic rings. The van der Waals surface area contributed by atoms with Crippen LogP contribution >= 0.6 is 15.9 Å². The Hall–Kier alpha value is -1.50. The molecule has 0 aliphatic heterocycles. The molecule has 1 rings (SSSR count). The summed E-state index contributed by atoms with van der Waals surface area (Å²) in [6, 6.07) is 2.07. The van der Waals surface area contributed by atoms with Crippen LogP contribution in [0.2, 0.25) is 0 Å². The molecule has 6 nitrogen and oxygen atoms in total. The van der Waals surface area contributed by atoms with E-state index in [0.29, 0.717) is 19.0 Å². The molecule has 0 bridgehead atoms. The summed E-state index contributed by atoms with van der Waals surface area (Å²) in [6.45, 7) is 3.66. The van der Waals surface area contributed by atoms with Crippen molar-refractivity contribution >= 4 is 27.8 Å². The highest BCUT2D eigenvalue weighted by atomic mass is 79.9. The molecule has 118 valence electrons. The second kappa shape index (κ2) is 8.71. The molecule has 2 N–H and O–H groups in total. The molecule has 1 heterocycles. The van der Waals surface area contributed by atoms with Crippen LogP contribution in [0.5, 0.6) is 0 Å². The number of hydrogen-bond acceptors (Lipinski definition) is 2. The maximum atomic E-state index is 11.6. The monoisotopic (exact) mass is 357 g/mol. The van der Waals surface area contributed by atoms with Crippen LogP contribution in [-0.2, 0) is 18.4 Å². The van der Waals surface area contributed by atoms with E-state index < -0.39 is 0 Å². The smallest absolute Gasteiger partial charge is 0.239 e. The molecule has 0 aliphatic carbocycles. The molecule has 0 atom stereocenters. The average Bonchev–Trinajstić information content (AvgIpc) is 2.75. The van der Waals surface area contributed by atoms with Gasteiger partial charge in [-0.05, 0) is 28.4 Å². The molecule has 0 unspecified atom stereocenters. The van der Waals surface area contributed by atoms with Crippen molar-refractivity contribution in [2.45, 2.75) is 19.9 Å². The lowest BCUT2D eigenvalue weighted by Crippen LogP contribution is -2.44. The fourth-order valence-corrected chi connectivity index (χ4v) is 2.48. The zero-order valence-corrected chi connectivity index (χ0v) is 14.7. The molecular weight excluding hydrogens is 334 g/mol. The summed E-state index contributed by atoms with van der Waals surface area (Å²) in [5.41, 5.74) is 1.16. The molecule has 21 heavy (non-hydrogen) atoms. The number of guanidine groups is 1. The maximum Gasteiger partial charge on any atom is 0.239 e. The minimum atomic E-state index is -0.0204. The lowest BCUT2D eigenvalue weighted by molar-refractivity contribution is -0.120. The van der Waals surface area contributed by atoms with Gasteiger partial charge in [-0.2, -0.15) is 0 Å². The fraction of sp³-hybridized carbons (Fsp3) is 0.571. The van der Waals surface area contributed by atoms with Crippen molar-refractivity contribution in [3.05, 3.63) is 22.4 Å². The fourth-order valence-electron chi connectivity index (χ4n) is 1.91. The van der Waals surface area contributed by atoms with Gasteiger partial charge in [-0.25, -0.2) is 0 Å². The quantitative estimate of drug-likeness (QED) is 0.596. The topological polar surface area (TPSA) is 61.7 Å². The Balaban J connectivity index is 2.52. The Labute approximate surface area is 134 Å². The van der Waals surface area contributed by atoms with Crippen LogP contribution < -0.4 is 10.6 Å². The van der Waals surface area contributed by atoms with Gasteiger partial charge >= 0.3 is 0 Å². The summed E-state index contributed by atoms with van der Waals surface area (Å²) in [5.74, 6) is 0.673. The van der Waals surface area contributed by atoms with E-state index >= 15 is 0 Å². The Morgan fingerprint density at radius 2 is 2.19 bits per heavy atom. The molecule has 0 spiro atoms. The highest BCUT2D eigenvalue weighted by molar-refractivity contribution is 9.10. The van der Waals surface area contributed by atoms with Crippen molar-refractivity contribution in [3.8, 4) is 0 Å². The molecule has 0 saturated carbocycles. The van der Waals surface area contributed by atoms with E-state index in [1.165, 1.54) is 0 Å². The first-order valence-corrected chi connectivity index (χ1v) is 7.76. The third-order valence-corrected chi connectivity index (χ3v) is 3.46. The molecule has 1 aromatic heterocycles. The summed E-state index contributed by atoms with van der Waals surface area (Å²) in [6.07, 6.45) is 2.94. The molecule has 0 aromatic carbocycles. The van der Waals surface area contributed by atoms with Crippen molar-refractivity contribution in [1.82, 2.24) is 20.1 Å². The number of aryl methyl sites for hydroxylation is 1. The first-order chi connectivity index (χ1) is 9.97. The normalized spacial score (nSPS) is 11.4. The Bertz CT molecular complexity index is 498. The Morgan fingerprint density at radius 1 is 1.48 bits per heavy atom. The van der Waals surface area contributed by atoms with Crippen LogP contribution in [0.3, 0.4) is 0 Å². The first kappa shape index (κ1) is 17.6. The van der Waals surface area contributed by atoms with Crippen molar-refractivity contribution in [2.75, 3.05) is 27.2 Å². The SMILES string of the molecule is CCCNC(=O)CNC(=NC)N(C)Cc1cc(Br)cn1C. The van der Waals surface area contributed by atoms with E-state index in [9.17, 15) is 4.79 Å². The van der Waals surface area contributed by atoms with Crippen molar-refractivity contribution in [2.24, 2.45) is 12.0 Å². The van der Waals surface area contributed by atoms with Gasteiger partial charge in [-0.15, -0.1) is 0 Å². The Kier molecular flexibility index (Phi) is 7.28. The standard InChI is InChI=1S/C14H24BrN5O/c1-5-6-17-13(21)8-18-14(16-2)20(4)10-12-7-11(15)9-19(12)3/h7,9H,5-6,8,10H2,1-4H3,(H,16,18)(H,17,21). The van der Waals surface area contributed by atoms with Gasteiger partial charge in [0.25, 0.3) is 0 Å². The lowest BCUT2D eigenvalue weighted by atomic mass is 10.4. The largest absolute Gasteiger partial charge is 0.355 e. The van der Waals surface area contributed by atoms with E-state index in [4.69, 9.17) is 0 Å². The summed E-state index contributed by atoms with van der Waals surface area (Å²) in [7, 11) is 5.66. The number of hydrogen-bond donors (Lipinski definition) is 2. The highest BCUT2D eigenvalue weighted by Gasteiger charge is 2.10. The van der Waals surface area contributed by atoms with Gasteiger partial charge in [0.1, 0.15) is 0 Å². The van der Waals surface area contributed by atoms with Gasteiger partial charge in [-0.1, -0.05) is 6.92 Å². The van der Waals surface area contributed by atoms with Gasteiger partial charge in [0, 0.05) is 44.1 Å². The van der Waals surface area contributed by atoms with E-state index in [0.717, 1.165) is 16.6 Å². The number of halogens is 1. The second-order valence-electron chi connectivity index (χ2n) is 4.87.